The van der Waals surface area contributed by atoms with E-state index in [1.54, 1.807) is 19.3 Å². The maximum atomic E-state index is 10.1. The lowest BCUT2D eigenvalue weighted by atomic mass is 9.73. The van der Waals surface area contributed by atoms with Gasteiger partial charge in [0.05, 0.1) is 12.3 Å². The average molecular weight is 384 g/mol. The van der Waals surface area contributed by atoms with Gasteiger partial charge in [0.15, 0.2) is 0 Å². The maximum absolute atomic E-state index is 10.1. The van der Waals surface area contributed by atoms with Crippen molar-refractivity contribution in [3.63, 3.8) is 0 Å². The lowest BCUT2D eigenvalue weighted by Gasteiger charge is -2.40. The van der Waals surface area contributed by atoms with Gasteiger partial charge in [-0.05, 0) is 37.5 Å². The summed E-state index contributed by atoms with van der Waals surface area (Å²) < 4.78 is 0. The van der Waals surface area contributed by atoms with Crippen molar-refractivity contribution in [3.8, 4) is 6.07 Å². The van der Waals surface area contributed by atoms with E-state index in [0.717, 1.165) is 25.0 Å². The number of aliphatic hydroxyl groups is 1. The Labute approximate surface area is 166 Å². The minimum atomic E-state index is -0.304. The topological polar surface area (TPSA) is 119 Å². The standard InChI is InChI=1S/C20H29N7O/c1-20(2)11-16(5-6-17(20)28)26-18-14(12-21)13-25-19(27-18)24-10-8-15(23-4)7-9-22-3/h7,9,13,16-17,28H,4-6,8,10-11H2,1-3H3,(H2,24,25,26,27)/b15-7-,22-9?/t16-,17+/m1/s1. The molecule has 1 aliphatic rings. The fourth-order valence-electron chi connectivity index (χ4n) is 3.28. The molecule has 0 radical (unpaired) electrons. The molecular formula is C20H29N7O. The van der Waals surface area contributed by atoms with Crippen molar-refractivity contribution in [1.82, 2.24) is 9.97 Å². The van der Waals surface area contributed by atoms with Crippen molar-refractivity contribution >= 4 is 24.7 Å². The third-order valence-electron chi connectivity index (χ3n) is 5.00. The Hall–Kier alpha value is -2.79. The van der Waals surface area contributed by atoms with Gasteiger partial charge in [0.2, 0.25) is 5.95 Å². The molecule has 1 saturated carbocycles. The molecule has 28 heavy (non-hydrogen) atoms. The van der Waals surface area contributed by atoms with Crippen molar-refractivity contribution in [2.75, 3.05) is 24.2 Å². The number of hydrogen-bond donors (Lipinski definition) is 3. The summed E-state index contributed by atoms with van der Waals surface area (Å²) >= 11 is 0. The molecule has 1 aliphatic carbocycles. The molecule has 8 nitrogen and oxygen atoms in total. The SMILES string of the molecule is C=N/C(=C\C=NC)CCNc1ncc(C#N)c(N[C@@H]2CC[C@H](O)C(C)(C)C2)n1. The highest BCUT2D eigenvalue weighted by Gasteiger charge is 2.35. The monoisotopic (exact) mass is 383 g/mol. The third kappa shape index (κ3) is 5.86. The van der Waals surface area contributed by atoms with Gasteiger partial charge < -0.3 is 15.7 Å². The van der Waals surface area contributed by atoms with Gasteiger partial charge in [0.25, 0.3) is 0 Å². The van der Waals surface area contributed by atoms with Gasteiger partial charge >= 0.3 is 0 Å². The fraction of sp³-hybridized carbons (Fsp3) is 0.550. The molecule has 3 N–H and O–H groups in total. The number of nitriles is 1. The molecule has 2 atom stereocenters. The van der Waals surface area contributed by atoms with E-state index in [0.29, 0.717) is 30.3 Å². The Morgan fingerprint density at radius 1 is 1.50 bits per heavy atom. The number of aliphatic imine (C=N–C) groups is 2. The minimum Gasteiger partial charge on any atom is -0.393 e. The molecule has 0 bridgehead atoms. The Morgan fingerprint density at radius 2 is 2.29 bits per heavy atom. The Morgan fingerprint density at radius 3 is 2.93 bits per heavy atom. The summed E-state index contributed by atoms with van der Waals surface area (Å²) in [6.45, 7) is 8.26. The Kier molecular flexibility index (Phi) is 7.64. The quantitative estimate of drug-likeness (QED) is 0.594. The number of nitrogens with zero attached hydrogens (tertiary/aromatic N) is 5. The first-order valence-corrected chi connectivity index (χ1v) is 9.43. The second-order valence-electron chi connectivity index (χ2n) is 7.59. The van der Waals surface area contributed by atoms with Crippen molar-refractivity contribution in [3.05, 3.63) is 23.5 Å². The van der Waals surface area contributed by atoms with Crippen LogP contribution in [0.1, 0.15) is 45.1 Å². The molecule has 0 unspecified atom stereocenters. The van der Waals surface area contributed by atoms with Crippen molar-refractivity contribution in [2.45, 2.75) is 51.7 Å². The molecule has 1 aromatic heterocycles. The molecule has 0 saturated heterocycles. The maximum Gasteiger partial charge on any atom is 0.224 e. The van der Waals surface area contributed by atoms with Crippen molar-refractivity contribution < 1.29 is 5.11 Å². The summed E-state index contributed by atoms with van der Waals surface area (Å²) in [5, 5.41) is 26.0. The number of nitrogens with one attached hydrogen (secondary N) is 2. The number of anilines is 2. The summed E-state index contributed by atoms with van der Waals surface area (Å²) in [4.78, 5) is 16.6. The number of aliphatic hydroxyl groups excluding tert-OH is 1. The largest absolute Gasteiger partial charge is 0.393 e. The summed E-state index contributed by atoms with van der Waals surface area (Å²) in [5.74, 6) is 0.970. The molecule has 0 amide bonds. The Bertz CT molecular complexity index is 779. The summed E-state index contributed by atoms with van der Waals surface area (Å²) in [7, 11) is 1.70. The second-order valence-corrected chi connectivity index (χ2v) is 7.59. The van der Waals surface area contributed by atoms with Crippen LogP contribution in [0.15, 0.2) is 28.0 Å². The summed E-state index contributed by atoms with van der Waals surface area (Å²) in [5.41, 5.74) is 1.05. The van der Waals surface area contributed by atoms with Gasteiger partial charge in [-0.2, -0.15) is 10.2 Å². The molecular weight excluding hydrogens is 354 g/mol. The van der Waals surface area contributed by atoms with Crippen LogP contribution in [0, 0.1) is 16.7 Å². The van der Waals surface area contributed by atoms with Crippen LogP contribution in [0.2, 0.25) is 0 Å². The molecule has 1 heterocycles. The van der Waals surface area contributed by atoms with Crippen LogP contribution in [-0.2, 0) is 0 Å². The molecule has 0 spiro atoms. The number of rotatable bonds is 8. The number of aromatic nitrogens is 2. The van der Waals surface area contributed by atoms with Crippen LogP contribution in [-0.4, -0.2) is 53.7 Å². The van der Waals surface area contributed by atoms with Crippen LogP contribution >= 0.6 is 0 Å². The molecule has 1 aromatic rings. The van der Waals surface area contributed by atoms with E-state index in [9.17, 15) is 10.4 Å². The predicted molar refractivity (Wildman–Crippen MR) is 113 cm³/mol. The number of allylic oxidation sites excluding steroid dienone is 1. The second kappa shape index (κ2) is 9.95. The van der Waals surface area contributed by atoms with E-state index in [4.69, 9.17) is 0 Å². The van der Waals surface area contributed by atoms with Crippen LogP contribution in [0.4, 0.5) is 11.8 Å². The van der Waals surface area contributed by atoms with Crippen LogP contribution < -0.4 is 10.6 Å². The van der Waals surface area contributed by atoms with Crippen LogP contribution in [0.5, 0.6) is 0 Å². The fourth-order valence-corrected chi connectivity index (χ4v) is 3.28. The number of hydrogen-bond acceptors (Lipinski definition) is 8. The summed E-state index contributed by atoms with van der Waals surface area (Å²) in [6, 6.07) is 2.29. The van der Waals surface area contributed by atoms with Crippen LogP contribution in [0.25, 0.3) is 0 Å². The van der Waals surface area contributed by atoms with E-state index in [2.05, 4.69) is 57.2 Å². The molecule has 8 heteroatoms. The van der Waals surface area contributed by atoms with E-state index in [1.807, 2.05) is 0 Å². The van der Waals surface area contributed by atoms with Crippen LogP contribution in [0.3, 0.4) is 0 Å². The van der Waals surface area contributed by atoms with E-state index >= 15 is 0 Å². The van der Waals surface area contributed by atoms with Crippen molar-refractivity contribution in [2.24, 2.45) is 15.4 Å². The average Bonchev–Trinajstić information content (AvgIpc) is 2.67. The van der Waals surface area contributed by atoms with Gasteiger partial charge in [-0.3, -0.25) is 9.98 Å². The highest BCUT2D eigenvalue weighted by molar-refractivity contribution is 5.72. The van der Waals surface area contributed by atoms with Crippen molar-refractivity contribution in [1.29, 1.82) is 5.26 Å². The normalized spacial score (nSPS) is 21.9. The van der Waals surface area contributed by atoms with Gasteiger partial charge in [-0.15, -0.1) is 0 Å². The van der Waals surface area contributed by atoms with E-state index in [-0.39, 0.29) is 17.6 Å². The van der Waals surface area contributed by atoms with E-state index < -0.39 is 0 Å². The molecule has 0 aliphatic heterocycles. The highest BCUT2D eigenvalue weighted by atomic mass is 16.3. The third-order valence-corrected chi connectivity index (χ3v) is 5.00. The van der Waals surface area contributed by atoms with Gasteiger partial charge in [-0.25, -0.2) is 4.98 Å². The Balaban J connectivity index is 2.03. The first-order valence-electron chi connectivity index (χ1n) is 9.43. The smallest absolute Gasteiger partial charge is 0.224 e. The predicted octanol–water partition coefficient (Wildman–Crippen LogP) is 2.79. The summed E-state index contributed by atoms with van der Waals surface area (Å²) in [6.07, 6.45) is 7.72. The van der Waals surface area contributed by atoms with Gasteiger partial charge in [0.1, 0.15) is 17.5 Å². The first-order chi connectivity index (χ1) is 13.4. The molecule has 150 valence electrons. The first kappa shape index (κ1) is 21.5. The zero-order chi connectivity index (χ0) is 20.6. The van der Waals surface area contributed by atoms with Gasteiger partial charge in [0, 0.05) is 38.0 Å². The van der Waals surface area contributed by atoms with E-state index in [1.165, 1.54) is 6.20 Å². The molecule has 1 fully saturated rings. The lowest BCUT2D eigenvalue weighted by molar-refractivity contribution is 0.00926. The zero-order valence-corrected chi connectivity index (χ0v) is 16.8. The van der Waals surface area contributed by atoms with Gasteiger partial charge in [-0.1, -0.05) is 13.8 Å². The lowest BCUT2D eigenvalue weighted by Crippen LogP contribution is -2.41. The minimum absolute atomic E-state index is 0.154. The molecule has 0 aromatic carbocycles. The highest BCUT2D eigenvalue weighted by Crippen LogP contribution is 2.36. The molecule has 2 rings (SSSR count). The zero-order valence-electron chi connectivity index (χ0n) is 16.8.